The third kappa shape index (κ3) is 5.05. The summed E-state index contributed by atoms with van der Waals surface area (Å²) in [6, 6.07) is 3.65. The molecular weight excluding hydrogens is 296 g/mol. The maximum Gasteiger partial charge on any atom is 0.151 e. The van der Waals surface area contributed by atoms with Crippen molar-refractivity contribution in [3.8, 4) is 5.75 Å². The van der Waals surface area contributed by atoms with Gasteiger partial charge in [0.25, 0.3) is 0 Å². The number of nitrogens with zero attached hydrogens (tertiary/aromatic N) is 2. The van der Waals surface area contributed by atoms with Crippen LogP contribution in [0.25, 0.3) is 0 Å². The minimum absolute atomic E-state index is 0.527. The van der Waals surface area contributed by atoms with Crippen molar-refractivity contribution in [3.05, 3.63) is 52.5 Å². The van der Waals surface area contributed by atoms with Crippen LogP contribution in [-0.2, 0) is 0 Å². The van der Waals surface area contributed by atoms with Crippen LogP contribution in [-0.4, -0.2) is 23.4 Å². The molecule has 2 aromatic rings. The first-order chi connectivity index (χ1) is 8.65. The van der Waals surface area contributed by atoms with Gasteiger partial charge in [-0.3, -0.25) is 14.8 Å². The van der Waals surface area contributed by atoms with Crippen LogP contribution >= 0.6 is 15.9 Å². The highest BCUT2D eigenvalue weighted by atomic mass is 79.9. The van der Waals surface area contributed by atoms with Crippen molar-refractivity contribution in [3.63, 3.8) is 0 Å². The number of aromatic nitrogens is 2. The highest BCUT2D eigenvalue weighted by Gasteiger charge is 1.92. The fourth-order valence-corrected chi connectivity index (χ4v) is 1.61. The van der Waals surface area contributed by atoms with Gasteiger partial charge in [0.15, 0.2) is 6.29 Å². The first-order valence-electron chi connectivity index (χ1n) is 5.17. The molecule has 0 aliphatic heterocycles. The summed E-state index contributed by atoms with van der Waals surface area (Å²) in [5.41, 5.74) is 1.71. The summed E-state index contributed by atoms with van der Waals surface area (Å²) in [7, 11) is 1.53. The smallest absolute Gasteiger partial charge is 0.151 e. The van der Waals surface area contributed by atoms with Gasteiger partial charge in [-0.2, -0.15) is 0 Å². The number of ether oxygens (including phenoxy) is 1. The summed E-state index contributed by atoms with van der Waals surface area (Å²) in [6.45, 7) is 2.01. The topological polar surface area (TPSA) is 52.1 Å². The van der Waals surface area contributed by atoms with Crippen LogP contribution < -0.4 is 4.74 Å². The van der Waals surface area contributed by atoms with Crippen LogP contribution in [0.4, 0.5) is 0 Å². The fourth-order valence-electron chi connectivity index (χ4n) is 1.13. The lowest BCUT2D eigenvalue weighted by atomic mass is 10.3. The third-order valence-corrected chi connectivity index (χ3v) is 2.38. The minimum Gasteiger partial charge on any atom is -0.495 e. The van der Waals surface area contributed by atoms with Gasteiger partial charge in [0.2, 0.25) is 0 Å². The molecule has 2 heterocycles. The normalized spacial score (nSPS) is 9.06. The Labute approximate surface area is 114 Å². The highest BCUT2D eigenvalue weighted by Crippen LogP contribution is 2.08. The van der Waals surface area contributed by atoms with Crippen LogP contribution in [0.1, 0.15) is 15.9 Å². The van der Waals surface area contributed by atoms with Crippen LogP contribution in [0.3, 0.4) is 0 Å². The number of halogens is 1. The monoisotopic (exact) mass is 308 g/mol. The summed E-state index contributed by atoms with van der Waals surface area (Å²) < 4.78 is 5.87. The van der Waals surface area contributed by atoms with Crippen LogP contribution in [0.2, 0.25) is 0 Å². The lowest BCUT2D eigenvalue weighted by Crippen LogP contribution is -1.86. The lowest BCUT2D eigenvalue weighted by Gasteiger charge is -1.96. The Morgan fingerprint density at radius 1 is 1.17 bits per heavy atom. The first kappa shape index (κ1) is 14.3. The quantitative estimate of drug-likeness (QED) is 0.800. The number of hydrogen-bond acceptors (Lipinski definition) is 4. The molecule has 0 unspecified atom stereocenters. The van der Waals surface area contributed by atoms with E-state index in [0.717, 1.165) is 10.8 Å². The molecular formula is C13H13BrN2O2. The minimum atomic E-state index is 0.527. The second-order valence-electron chi connectivity index (χ2n) is 3.46. The Morgan fingerprint density at radius 2 is 1.89 bits per heavy atom. The lowest BCUT2D eigenvalue weighted by molar-refractivity contribution is 0.112. The van der Waals surface area contributed by atoms with Crippen molar-refractivity contribution in [1.82, 2.24) is 9.97 Å². The van der Waals surface area contributed by atoms with E-state index >= 15 is 0 Å². The zero-order valence-electron chi connectivity index (χ0n) is 10.1. The largest absolute Gasteiger partial charge is 0.495 e. The number of hydrogen-bond donors (Lipinski definition) is 0. The van der Waals surface area contributed by atoms with Crippen molar-refractivity contribution in [2.24, 2.45) is 0 Å². The van der Waals surface area contributed by atoms with Crippen molar-refractivity contribution < 1.29 is 9.53 Å². The molecule has 2 aromatic heterocycles. The molecule has 4 nitrogen and oxygen atoms in total. The van der Waals surface area contributed by atoms with Gasteiger partial charge in [-0.1, -0.05) is 0 Å². The molecule has 0 radical (unpaired) electrons. The van der Waals surface area contributed by atoms with Crippen molar-refractivity contribution in [1.29, 1.82) is 0 Å². The highest BCUT2D eigenvalue weighted by molar-refractivity contribution is 9.10. The number of rotatable bonds is 2. The van der Waals surface area contributed by atoms with E-state index in [-0.39, 0.29) is 0 Å². The molecule has 18 heavy (non-hydrogen) atoms. The average Bonchev–Trinajstić information content (AvgIpc) is 2.39. The molecule has 0 amide bonds. The van der Waals surface area contributed by atoms with Crippen molar-refractivity contribution in [2.45, 2.75) is 6.92 Å². The predicted molar refractivity (Wildman–Crippen MR) is 72.9 cm³/mol. The van der Waals surface area contributed by atoms with Gasteiger partial charge in [-0.05, 0) is 40.5 Å². The Balaban J connectivity index is 0.000000184. The standard InChI is InChI=1S/C7H7NO2.C6H6BrN/c1-10-7-2-6(5-9)3-8-4-7;1-5-2-6(7)4-8-3-5/h2-5H,1H3;2-4H,1H3. The van der Waals surface area contributed by atoms with Crippen LogP contribution in [0, 0.1) is 6.92 Å². The van der Waals surface area contributed by atoms with E-state index in [1.807, 2.05) is 19.2 Å². The second-order valence-corrected chi connectivity index (χ2v) is 4.37. The third-order valence-electron chi connectivity index (χ3n) is 1.95. The van der Waals surface area contributed by atoms with Gasteiger partial charge in [0.05, 0.1) is 13.3 Å². The van der Waals surface area contributed by atoms with Crippen LogP contribution in [0.15, 0.2) is 41.4 Å². The summed E-state index contributed by atoms with van der Waals surface area (Å²) in [4.78, 5) is 17.9. The summed E-state index contributed by atoms with van der Waals surface area (Å²) in [5, 5.41) is 0. The van der Waals surface area contributed by atoms with Crippen molar-refractivity contribution >= 4 is 22.2 Å². The van der Waals surface area contributed by atoms with E-state index in [4.69, 9.17) is 4.74 Å². The SMILES string of the molecule is COc1cncc(C=O)c1.Cc1cncc(Br)c1. The van der Waals surface area contributed by atoms with E-state index in [1.54, 1.807) is 18.5 Å². The van der Waals surface area contributed by atoms with Gasteiger partial charge < -0.3 is 4.74 Å². The van der Waals surface area contributed by atoms with Crippen molar-refractivity contribution in [2.75, 3.05) is 7.11 Å². The first-order valence-corrected chi connectivity index (χ1v) is 5.96. The Morgan fingerprint density at radius 3 is 2.39 bits per heavy atom. The Bertz CT molecular complexity index is 501. The predicted octanol–water partition coefficient (Wildman–Crippen LogP) is 3.06. The maximum atomic E-state index is 10.2. The maximum absolute atomic E-state index is 10.2. The molecule has 2 rings (SSSR count). The number of carbonyl (C=O) groups is 1. The molecule has 0 fully saturated rings. The number of carbonyl (C=O) groups excluding carboxylic acids is 1. The van der Waals surface area contributed by atoms with E-state index < -0.39 is 0 Å². The summed E-state index contributed by atoms with van der Waals surface area (Å²) in [5.74, 6) is 0.601. The molecule has 0 aliphatic rings. The molecule has 0 aromatic carbocycles. The van der Waals surface area contributed by atoms with Gasteiger partial charge >= 0.3 is 0 Å². The molecule has 0 bridgehead atoms. The van der Waals surface area contributed by atoms with E-state index in [2.05, 4.69) is 25.9 Å². The number of aldehydes is 1. The molecule has 0 saturated heterocycles. The molecule has 0 spiro atoms. The average molecular weight is 309 g/mol. The Hall–Kier alpha value is -1.75. The fraction of sp³-hybridized carbons (Fsp3) is 0.154. The van der Waals surface area contributed by atoms with Gasteiger partial charge in [-0.15, -0.1) is 0 Å². The van der Waals surface area contributed by atoms with Crippen LogP contribution in [0.5, 0.6) is 5.75 Å². The van der Waals surface area contributed by atoms with Gasteiger partial charge in [0, 0.05) is 28.6 Å². The van der Waals surface area contributed by atoms with E-state index in [0.29, 0.717) is 11.3 Å². The number of pyridine rings is 2. The van der Waals surface area contributed by atoms with E-state index in [9.17, 15) is 4.79 Å². The summed E-state index contributed by atoms with van der Waals surface area (Å²) in [6.07, 6.45) is 7.36. The number of methoxy groups -OCH3 is 1. The molecule has 5 heteroatoms. The molecule has 0 saturated carbocycles. The molecule has 0 aliphatic carbocycles. The molecule has 0 atom stereocenters. The Kier molecular flexibility index (Phi) is 6.00. The number of aryl methyl sites for hydroxylation is 1. The zero-order chi connectivity index (χ0) is 13.4. The summed E-state index contributed by atoms with van der Waals surface area (Å²) >= 11 is 3.30. The zero-order valence-corrected chi connectivity index (χ0v) is 11.7. The van der Waals surface area contributed by atoms with Gasteiger partial charge in [-0.25, -0.2) is 0 Å². The van der Waals surface area contributed by atoms with E-state index in [1.165, 1.54) is 18.9 Å². The molecule has 0 N–H and O–H groups in total. The second kappa shape index (κ2) is 7.55. The van der Waals surface area contributed by atoms with Gasteiger partial charge in [0.1, 0.15) is 5.75 Å². The molecule has 94 valence electrons.